The first-order valence-corrected chi connectivity index (χ1v) is 8.29. The number of amides is 1. The summed E-state index contributed by atoms with van der Waals surface area (Å²) in [6.45, 7) is 4.64. The molecule has 1 aromatic rings. The summed E-state index contributed by atoms with van der Waals surface area (Å²) in [7, 11) is 2.02. The average Bonchev–Trinajstić information content (AvgIpc) is 2.72. The zero-order chi connectivity index (χ0) is 15.2. The number of hydrogen-bond donors (Lipinski definition) is 2. The van der Waals surface area contributed by atoms with Gasteiger partial charge in [0, 0.05) is 24.5 Å². The van der Waals surface area contributed by atoms with Gasteiger partial charge in [0.05, 0.1) is 0 Å². The number of hydrogen-bond acceptors (Lipinski definition) is 2. The van der Waals surface area contributed by atoms with E-state index >= 15 is 0 Å². The van der Waals surface area contributed by atoms with E-state index < -0.39 is 0 Å². The van der Waals surface area contributed by atoms with E-state index in [1.807, 2.05) is 11.6 Å². The van der Waals surface area contributed by atoms with Crippen LogP contribution in [-0.4, -0.2) is 23.6 Å². The first-order chi connectivity index (χ1) is 10.1. The molecule has 0 fully saturated rings. The standard InChI is InChI=1S/C17H29N3O/c1-4-7-13(2)19-17(21)12-20-10-14-8-5-6-9-16(18-3)15(14)11-20/h10-11,13,16,18H,4-9,12H2,1-3H3,(H,19,21). The molecule has 1 aliphatic rings. The molecule has 2 rings (SSSR count). The molecule has 1 amide bonds. The summed E-state index contributed by atoms with van der Waals surface area (Å²) in [5.74, 6) is 0.113. The molecule has 1 heterocycles. The maximum absolute atomic E-state index is 12.1. The second-order valence-corrected chi connectivity index (χ2v) is 6.26. The van der Waals surface area contributed by atoms with Crippen molar-refractivity contribution < 1.29 is 4.79 Å². The summed E-state index contributed by atoms with van der Waals surface area (Å²) in [4.78, 5) is 12.1. The van der Waals surface area contributed by atoms with E-state index in [-0.39, 0.29) is 11.9 Å². The van der Waals surface area contributed by atoms with E-state index in [0.29, 0.717) is 12.6 Å². The van der Waals surface area contributed by atoms with Crippen LogP contribution < -0.4 is 10.6 Å². The van der Waals surface area contributed by atoms with E-state index in [1.54, 1.807) is 0 Å². The van der Waals surface area contributed by atoms with Crippen molar-refractivity contribution in [2.24, 2.45) is 0 Å². The van der Waals surface area contributed by atoms with Crippen LogP contribution in [0.5, 0.6) is 0 Å². The molecule has 1 aromatic heterocycles. The van der Waals surface area contributed by atoms with Crippen LogP contribution in [0.4, 0.5) is 0 Å². The number of carbonyl (C=O) groups is 1. The number of nitrogens with zero attached hydrogens (tertiary/aromatic N) is 1. The van der Waals surface area contributed by atoms with Crippen LogP contribution in [0.1, 0.15) is 63.1 Å². The van der Waals surface area contributed by atoms with E-state index in [9.17, 15) is 4.79 Å². The molecule has 1 aliphatic carbocycles. The topological polar surface area (TPSA) is 46.1 Å². The lowest BCUT2D eigenvalue weighted by Crippen LogP contribution is -2.34. The second kappa shape index (κ2) is 7.64. The molecule has 0 saturated carbocycles. The van der Waals surface area contributed by atoms with Gasteiger partial charge in [-0.3, -0.25) is 4.79 Å². The predicted octanol–water partition coefficient (Wildman–Crippen LogP) is 2.78. The molecule has 118 valence electrons. The third-order valence-electron chi connectivity index (χ3n) is 4.37. The van der Waals surface area contributed by atoms with Crippen molar-refractivity contribution in [3.05, 3.63) is 23.5 Å². The zero-order valence-corrected chi connectivity index (χ0v) is 13.6. The Morgan fingerprint density at radius 3 is 2.95 bits per heavy atom. The van der Waals surface area contributed by atoms with Crippen molar-refractivity contribution >= 4 is 5.91 Å². The van der Waals surface area contributed by atoms with E-state index in [4.69, 9.17) is 0 Å². The second-order valence-electron chi connectivity index (χ2n) is 6.26. The fourth-order valence-corrected chi connectivity index (χ4v) is 3.30. The molecule has 2 atom stereocenters. The Labute approximate surface area is 128 Å². The first kappa shape index (κ1) is 16.1. The zero-order valence-electron chi connectivity index (χ0n) is 13.6. The minimum atomic E-state index is 0.113. The Morgan fingerprint density at radius 1 is 1.43 bits per heavy atom. The van der Waals surface area contributed by atoms with Crippen molar-refractivity contribution in [1.29, 1.82) is 0 Å². The van der Waals surface area contributed by atoms with Crippen LogP contribution in [0.3, 0.4) is 0 Å². The molecule has 4 heteroatoms. The first-order valence-electron chi connectivity index (χ1n) is 8.29. The smallest absolute Gasteiger partial charge is 0.240 e. The number of fused-ring (bicyclic) bond motifs is 1. The molecule has 4 nitrogen and oxygen atoms in total. The van der Waals surface area contributed by atoms with Crippen LogP contribution in [-0.2, 0) is 17.8 Å². The highest BCUT2D eigenvalue weighted by Gasteiger charge is 2.19. The number of carbonyl (C=O) groups excluding carboxylic acids is 1. The van der Waals surface area contributed by atoms with E-state index in [1.165, 1.54) is 30.4 Å². The molecule has 2 N–H and O–H groups in total. The Balaban J connectivity index is 2.00. The van der Waals surface area contributed by atoms with Crippen molar-refractivity contribution in [3.8, 4) is 0 Å². The van der Waals surface area contributed by atoms with Gasteiger partial charge in [0.2, 0.25) is 5.91 Å². The fraction of sp³-hybridized carbons (Fsp3) is 0.706. The fourth-order valence-electron chi connectivity index (χ4n) is 3.30. The Morgan fingerprint density at radius 2 is 2.24 bits per heavy atom. The van der Waals surface area contributed by atoms with Crippen LogP contribution >= 0.6 is 0 Å². The van der Waals surface area contributed by atoms with Gasteiger partial charge >= 0.3 is 0 Å². The van der Waals surface area contributed by atoms with E-state index in [0.717, 1.165) is 19.3 Å². The van der Waals surface area contributed by atoms with Crippen LogP contribution in [0.25, 0.3) is 0 Å². The Hall–Kier alpha value is -1.29. The maximum Gasteiger partial charge on any atom is 0.240 e. The minimum absolute atomic E-state index is 0.113. The summed E-state index contributed by atoms with van der Waals surface area (Å²) in [5, 5.41) is 6.47. The highest BCUT2D eigenvalue weighted by Crippen LogP contribution is 2.29. The molecule has 2 unspecified atom stereocenters. The number of aromatic nitrogens is 1. The highest BCUT2D eigenvalue weighted by molar-refractivity contribution is 5.76. The van der Waals surface area contributed by atoms with Crippen LogP contribution in [0.15, 0.2) is 12.4 Å². The van der Waals surface area contributed by atoms with Crippen molar-refractivity contribution in [2.45, 2.75) is 71.0 Å². The lowest BCUT2D eigenvalue weighted by Gasteiger charge is -2.14. The van der Waals surface area contributed by atoms with Gasteiger partial charge in [0.25, 0.3) is 0 Å². The summed E-state index contributed by atoms with van der Waals surface area (Å²) >= 11 is 0. The number of rotatable bonds is 6. The highest BCUT2D eigenvalue weighted by atomic mass is 16.2. The van der Waals surface area contributed by atoms with Crippen molar-refractivity contribution in [3.63, 3.8) is 0 Å². The third kappa shape index (κ3) is 4.34. The van der Waals surface area contributed by atoms with Gasteiger partial charge in [-0.15, -0.1) is 0 Å². The van der Waals surface area contributed by atoms with Gasteiger partial charge in [0.1, 0.15) is 6.54 Å². The molecule has 0 aromatic carbocycles. The van der Waals surface area contributed by atoms with Gasteiger partial charge in [-0.05, 0) is 50.8 Å². The molecule has 0 aliphatic heterocycles. The minimum Gasteiger partial charge on any atom is -0.352 e. The normalized spacial score (nSPS) is 19.7. The Kier molecular flexibility index (Phi) is 5.85. The van der Waals surface area contributed by atoms with Gasteiger partial charge < -0.3 is 15.2 Å². The summed E-state index contributed by atoms with van der Waals surface area (Å²) in [5.41, 5.74) is 2.78. The van der Waals surface area contributed by atoms with Gasteiger partial charge in [-0.1, -0.05) is 19.8 Å². The lowest BCUT2D eigenvalue weighted by molar-refractivity contribution is -0.122. The maximum atomic E-state index is 12.1. The van der Waals surface area contributed by atoms with Gasteiger partial charge in [0.15, 0.2) is 0 Å². The summed E-state index contributed by atoms with van der Waals surface area (Å²) < 4.78 is 2.05. The lowest BCUT2D eigenvalue weighted by atomic mass is 10.1. The molecule has 21 heavy (non-hydrogen) atoms. The molecule has 0 bridgehead atoms. The third-order valence-corrected chi connectivity index (χ3v) is 4.37. The molecule has 0 spiro atoms. The summed E-state index contributed by atoms with van der Waals surface area (Å²) in [6, 6.07) is 0.701. The number of aryl methyl sites for hydroxylation is 1. The SMILES string of the molecule is CCCC(C)NC(=O)Cn1cc2c(c1)C(NC)CCCC2. The van der Waals surface area contributed by atoms with E-state index in [2.05, 4.69) is 36.9 Å². The predicted molar refractivity (Wildman–Crippen MR) is 86.3 cm³/mol. The summed E-state index contributed by atoms with van der Waals surface area (Å²) in [6.07, 6.45) is 11.3. The van der Waals surface area contributed by atoms with Gasteiger partial charge in [-0.2, -0.15) is 0 Å². The monoisotopic (exact) mass is 291 g/mol. The van der Waals surface area contributed by atoms with Crippen molar-refractivity contribution in [1.82, 2.24) is 15.2 Å². The molecule has 0 radical (unpaired) electrons. The largest absolute Gasteiger partial charge is 0.352 e. The van der Waals surface area contributed by atoms with Gasteiger partial charge in [-0.25, -0.2) is 0 Å². The Bertz CT molecular complexity index is 467. The molecule has 0 saturated heterocycles. The quantitative estimate of drug-likeness (QED) is 0.792. The molecular weight excluding hydrogens is 262 g/mol. The molecular formula is C17H29N3O. The number of nitrogens with one attached hydrogen (secondary N) is 2. The van der Waals surface area contributed by atoms with Crippen LogP contribution in [0, 0.1) is 0 Å². The van der Waals surface area contributed by atoms with Crippen LogP contribution in [0.2, 0.25) is 0 Å². The average molecular weight is 291 g/mol. The van der Waals surface area contributed by atoms with Crippen molar-refractivity contribution in [2.75, 3.05) is 7.05 Å².